The molecule has 1 heterocycles. The molecular formula is C8H7NO5. The molecular weight excluding hydrogens is 190 g/mol. The molecule has 74 valence electrons. The Bertz CT molecular complexity index is 388. The quantitative estimate of drug-likeness (QED) is 0.677. The van der Waals surface area contributed by atoms with E-state index in [0.29, 0.717) is 0 Å². The fraction of sp³-hybridized carbons (Fsp3) is 0.125. The molecule has 0 atom stereocenters. The van der Waals surface area contributed by atoms with Gasteiger partial charge in [0.1, 0.15) is 12.8 Å². The minimum absolute atomic E-state index is 0.103. The number of carbonyl (C=O) groups excluding carboxylic acids is 1. The zero-order valence-corrected chi connectivity index (χ0v) is 7.02. The van der Waals surface area contributed by atoms with Gasteiger partial charge in [0.25, 0.3) is 5.91 Å². The Morgan fingerprint density at radius 3 is 2.64 bits per heavy atom. The van der Waals surface area contributed by atoms with E-state index in [1.165, 1.54) is 6.07 Å². The van der Waals surface area contributed by atoms with Crippen molar-refractivity contribution in [1.29, 1.82) is 0 Å². The lowest BCUT2D eigenvalue weighted by atomic mass is 10.3. The maximum absolute atomic E-state index is 11.1. The first-order valence-electron chi connectivity index (χ1n) is 3.68. The molecule has 14 heavy (non-hydrogen) atoms. The van der Waals surface area contributed by atoms with Crippen LogP contribution in [-0.4, -0.2) is 23.5 Å². The molecule has 0 radical (unpaired) electrons. The lowest BCUT2D eigenvalue weighted by molar-refractivity contribution is -0.135. The van der Waals surface area contributed by atoms with Gasteiger partial charge in [-0.25, -0.2) is 4.79 Å². The van der Waals surface area contributed by atoms with E-state index in [0.717, 1.165) is 12.3 Å². The number of hydrogen-bond donors (Lipinski definition) is 2. The molecule has 0 aromatic carbocycles. The zero-order valence-electron chi connectivity index (χ0n) is 7.02. The predicted molar refractivity (Wildman–Crippen MR) is 44.9 cm³/mol. The summed E-state index contributed by atoms with van der Waals surface area (Å²) in [4.78, 5) is 31.7. The molecule has 0 aliphatic rings. The van der Waals surface area contributed by atoms with Gasteiger partial charge in [-0.2, -0.15) is 0 Å². The van der Waals surface area contributed by atoms with Crippen LogP contribution in [0.1, 0.15) is 10.4 Å². The molecule has 0 saturated heterocycles. The second kappa shape index (κ2) is 4.22. The zero-order chi connectivity index (χ0) is 10.6. The van der Waals surface area contributed by atoms with Crippen molar-refractivity contribution in [2.24, 2.45) is 0 Å². The number of aliphatic carboxylic acids is 1. The number of hydrogen-bond acceptors (Lipinski definition) is 4. The van der Waals surface area contributed by atoms with Gasteiger partial charge < -0.3 is 14.8 Å². The van der Waals surface area contributed by atoms with Crippen LogP contribution in [0.3, 0.4) is 0 Å². The molecule has 0 aliphatic carbocycles. The standard InChI is InChI=1S/C8H7NO5/c10-6(11)3-9-8(13)5-1-2-7(12)14-4-5/h1-2,4H,3H2,(H,9,13)(H,10,11). The third-order valence-electron chi connectivity index (χ3n) is 1.36. The van der Waals surface area contributed by atoms with Crippen molar-refractivity contribution in [1.82, 2.24) is 5.32 Å². The SMILES string of the molecule is O=C(O)CNC(=O)c1ccc(=O)oc1. The van der Waals surface area contributed by atoms with Crippen LogP contribution in [0.2, 0.25) is 0 Å². The van der Waals surface area contributed by atoms with Crippen molar-refractivity contribution in [3.63, 3.8) is 0 Å². The highest BCUT2D eigenvalue weighted by atomic mass is 16.4. The molecule has 0 fully saturated rings. The van der Waals surface area contributed by atoms with E-state index < -0.39 is 24.0 Å². The van der Waals surface area contributed by atoms with Crippen molar-refractivity contribution in [2.75, 3.05) is 6.54 Å². The van der Waals surface area contributed by atoms with Crippen LogP contribution in [-0.2, 0) is 4.79 Å². The fourth-order valence-corrected chi connectivity index (χ4v) is 0.745. The molecule has 6 heteroatoms. The van der Waals surface area contributed by atoms with Crippen molar-refractivity contribution in [2.45, 2.75) is 0 Å². The van der Waals surface area contributed by atoms with Gasteiger partial charge in [0.15, 0.2) is 0 Å². The van der Waals surface area contributed by atoms with Gasteiger partial charge in [0.2, 0.25) is 0 Å². The smallest absolute Gasteiger partial charge is 0.335 e. The summed E-state index contributed by atoms with van der Waals surface area (Å²) in [6, 6.07) is 2.33. The van der Waals surface area contributed by atoms with Gasteiger partial charge >= 0.3 is 11.6 Å². The van der Waals surface area contributed by atoms with Crippen LogP contribution in [0.25, 0.3) is 0 Å². The van der Waals surface area contributed by atoms with Crippen molar-refractivity contribution >= 4 is 11.9 Å². The number of carboxylic acid groups (broad SMARTS) is 1. The average molecular weight is 197 g/mol. The molecule has 2 N–H and O–H groups in total. The largest absolute Gasteiger partial charge is 0.480 e. The van der Waals surface area contributed by atoms with Crippen molar-refractivity contribution < 1.29 is 19.1 Å². The molecule has 0 spiro atoms. The Kier molecular flexibility index (Phi) is 3.01. The normalized spacial score (nSPS) is 9.43. The third-order valence-corrected chi connectivity index (χ3v) is 1.36. The fourth-order valence-electron chi connectivity index (χ4n) is 0.745. The van der Waals surface area contributed by atoms with Crippen molar-refractivity contribution in [3.8, 4) is 0 Å². The Morgan fingerprint density at radius 1 is 1.43 bits per heavy atom. The third kappa shape index (κ3) is 2.74. The minimum Gasteiger partial charge on any atom is -0.480 e. The lowest BCUT2D eigenvalue weighted by Crippen LogP contribution is -2.29. The molecule has 1 rings (SSSR count). The summed E-state index contributed by atoms with van der Waals surface area (Å²) in [5, 5.41) is 10.4. The topological polar surface area (TPSA) is 96.6 Å². The first-order chi connectivity index (χ1) is 6.59. The number of amides is 1. The molecule has 1 amide bonds. The monoisotopic (exact) mass is 197 g/mol. The van der Waals surface area contributed by atoms with Gasteiger partial charge in [0, 0.05) is 6.07 Å². The maximum Gasteiger partial charge on any atom is 0.335 e. The summed E-state index contributed by atoms with van der Waals surface area (Å²) >= 11 is 0. The molecule has 0 aliphatic heterocycles. The van der Waals surface area contributed by atoms with E-state index in [-0.39, 0.29) is 5.56 Å². The number of nitrogens with one attached hydrogen (secondary N) is 1. The van der Waals surface area contributed by atoms with Gasteiger partial charge in [-0.05, 0) is 6.07 Å². The lowest BCUT2D eigenvalue weighted by Gasteiger charge is -1.99. The van der Waals surface area contributed by atoms with Crippen LogP contribution in [0.4, 0.5) is 0 Å². The van der Waals surface area contributed by atoms with E-state index in [2.05, 4.69) is 9.73 Å². The number of rotatable bonds is 3. The van der Waals surface area contributed by atoms with Crippen molar-refractivity contribution in [3.05, 3.63) is 34.4 Å². The first kappa shape index (κ1) is 9.97. The Morgan fingerprint density at radius 2 is 2.14 bits per heavy atom. The Hall–Kier alpha value is -2.11. The molecule has 6 nitrogen and oxygen atoms in total. The van der Waals surface area contributed by atoms with E-state index in [9.17, 15) is 14.4 Å². The summed E-state index contributed by atoms with van der Waals surface area (Å²) in [6.45, 7) is -0.474. The average Bonchev–Trinajstić information content (AvgIpc) is 2.15. The van der Waals surface area contributed by atoms with E-state index in [1.807, 2.05) is 0 Å². The highest BCUT2D eigenvalue weighted by Crippen LogP contribution is 1.93. The van der Waals surface area contributed by atoms with Gasteiger partial charge in [0.05, 0.1) is 5.56 Å². The predicted octanol–water partition coefficient (Wildman–Crippen LogP) is -0.546. The Labute approximate surface area is 78.2 Å². The molecule has 0 unspecified atom stereocenters. The number of carbonyl (C=O) groups is 2. The summed E-state index contributed by atoms with van der Waals surface area (Å²) in [7, 11) is 0. The van der Waals surface area contributed by atoms with Crippen LogP contribution >= 0.6 is 0 Å². The second-order valence-electron chi connectivity index (χ2n) is 2.42. The maximum atomic E-state index is 11.1. The summed E-state index contributed by atoms with van der Waals surface area (Å²) in [5.41, 5.74) is -0.467. The number of carboxylic acids is 1. The van der Waals surface area contributed by atoms with Crippen LogP contribution in [0.15, 0.2) is 27.6 Å². The first-order valence-corrected chi connectivity index (χ1v) is 3.68. The molecule has 0 saturated carbocycles. The highest BCUT2D eigenvalue weighted by Gasteiger charge is 2.07. The molecule has 1 aromatic heterocycles. The summed E-state index contributed by atoms with van der Waals surface area (Å²) in [6.07, 6.45) is 0.972. The van der Waals surface area contributed by atoms with Crippen LogP contribution in [0.5, 0.6) is 0 Å². The highest BCUT2D eigenvalue weighted by molar-refractivity contribution is 5.95. The Balaban J connectivity index is 2.65. The minimum atomic E-state index is -1.14. The van der Waals surface area contributed by atoms with Gasteiger partial charge in [-0.1, -0.05) is 0 Å². The van der Waals surface area contributed by atoms with E-state index >= 15 is 0 Å². The van der Waals surface area contributed by atoms with E-state index in [4.69, 9.17) is 5.11 Å². The molecule has 0 bridgehead atoms. The van der Waals surface area contributed by atoms with Crippen LogP contribution < -0.4 is 10.9 Å². The van der Waals surface area contributed by atoms with E-state index in [1.54, 1.807) is 0 Å². The van der Waals surface area contributed by atoms with Gasteiger partial charge in [-0.3, -0.25) is 9.59 Å². The van der Waals surface area contributed by atoms with Crippen LogP contribution in [0, 0.1) is 0 Å². The summed E-state index contributed by atoms with van der Waals surface area (Å²) in [5.74, 6) is -1.74. The van der Waals surface area contributed by atoms with Gasteiger partial charge in [-0.15, -0.1) is 0 Å². The second-order valence-corrected chi connectivity index (χ2v) is 2.42. The molecule has 1 aromatic rings. The summed E-state index contributed by atoms with van der Waals surface area (Å²) < 4.78 is 4.42.